The summed E-state index contributed by atoms with van der Waals surface area (Å²) >= 11 is 0. The van der Waals surface area contributed by atoms with Crippen molar-refractivity contribution in [2.24, 2.45) is 0 Å². The van der Waals surface area contributed by atoms with Crippen LogP contribution in [0.1, 0.15) is 335 Å². The fraction of sp³-hybridized carbons (Fsp3) is 0.949. The van der Waals surface area contributed by atoms with Gasteiger partial charge < -0.3 is 20.6 Å². The summed E-state index contributed by atoms with van der Waals surface area (Å²) in [6, 6.07) is -0.822. The number of aliphatic hydroxyl groups is 3. The molecule has 382 valence electrons. The second-order valence-corrected chi connectivity index (χ2v) is 20.6. The van der Waals surface area contributed by atoms with Gasteiger partial charge >= 0.3 is 0 Å². The van der Waals surface area contributed by atoms with Crippen molar-refractivity contribution in [1.82, 2.24) is 5.32 Å². The zero-order valence-corrected chi connectivity index (χ0v) is 43.7. The van der Waals surface area contributed by atoms with Gasteiger partial charge in [0.05, 0.1) is 18.8 Å². The molecule has 0 spiro atoms. The van der Waals surface area contributed by atoms with Crippen LogP contribution in [0, 0.1) is 0 Å². The van der Waals surface area contributed by atoms with Crippen LogP contribution in [0.25, 0.3) is 0 Å². The van der Waals surface area contributed by atoms with E-state index in [4.69, 9.17) is 0 Å². The van der Waals surface area contributed by atoms with Gasteiger partial charge in [-0.2, -0.15) is 0 Å². The van der Waals surface area contributed by atoms with Crippen molar-refractivity contribution in [3.8, 4) is 0 Å². The quantitative estimate of drug-likeness (QED) is 0.0362. The molecule has 3 atom stereocenters. The third kappa shape index (κ3) is 49.0. The Kier molecular flexibility index (Phi) is 53.9. The third-order valence-electron chi connectivity index (χ3n) is 14.1. The standard InChI is InChI=1S/C59H117NO4/c1-3-5-7-9-11-13-15-17-19-21-22-23-24-25-26-27-28-29-30-31-32-33-34-35-36-38-40-42-44-46-48-50-52-54-58(63)60-56(55-61)59(64)57(62)53-51-49-47-45-43-41-39-37-20-18-16-14-12-10-8-6-4-2/h45,47,56-57,59,61-62,64H,3-44,46,48-55H2,1-2H3,(H,60,63)/b47-45+. The Morgan fingerprint density at radius 1 is 0.375 bits per heavy atom. The second-order valence-electron chi connectivity index (χ2n) is 20.6. The zero-order chi connectivity index (χ0) is 46.5. The van der Waals surface area contributed by atoms with E-state index in [0.717, 1.165) is 38.5 Å². The molecule has 5 heteroatoms. The monoisotopic (exact) mass is 904 g/mol. The van der Waals surface area contributed by atoms with E-state index in [1.165, 1.54) is 270 Å². The average molecular weight is 905 g/mol. The van der Waals surface area contributed by atoms with Crippen molar-refractivity contribution >= 4 is 5.91 Å². The van der Waals surface area contributed by atoms with E-state index in [-0.39, 0.29) is 12.5 Å². The summed E-state index contributed by atoms with van der Waals surface area (Å²) in [6.07, 6.45) is 68.2. The normalized spacial score (nSPS) is 13.3. The number of hydrogen-bond donors (Lipinski definition) is 4. The topological polar surface area (TPSA) is 89.8 Å². The van der Waals surface area contributed by atoms with Crippen LogP contribution in [0.5, 0.6) is 0 Å². The Labute approximate surface area is 401 Å². The van der Waals surface area contributed by atoms with Crippen LogP contribution in [-0.2, 0) is 4.79 Å². The van der Waals surface area contributed by atoms with Crippen molar-refractivity contribution in [1.29, 1.82) is 0 Å². The molecule has 0 saturated carbocycles. The van der Waals surface area contributed by atoms with Gasteiger partial charge in [-0.1, -0.05) is 302 Å². The molecule has 0 heterocycles. The highest BCUT2D eigenvalue weighted by Crippen LogP contribution is 2.18. The lowest BCUT2D eigenvalue weighted by Crippen LogP contribution is -2.50. The lowest BCUT2D eigenvalue weighted by atomic mass is 10.0. The molecule has 0 aliphatic carbocycles. The highest BCUT2D eigenvalue weighted by molar-refractivity contribution is 5.76. The Hall–Kier alpha value is -0.910. The van der Waals surface area contributed by atoms with E-state index in [2.05, 4.69) is 31.3 Å². The smallest absolute Gasteiger partial charge is 0.220 e. The number of rotatable bonds is 55. The van der Waals surface area contributed by atoms with Crippen LogP contribution in [0.3, 0.4) is 0 Å². The predicted molar refractivity (Wildman–Crippen MR) is 282 cm³/mol. The summed E-state index contributed by atoms with van der Waals surface area (Å²) in [5, 5.41) is 33.7. The molecule has 1 amide bonds. The van der Waals surface area contributed by atoms with E-state index < -0.39 is 18.2 Å². The fourth-order valence-electron chi connectivity index (χ4n) is 9.58. The molecule has 5 nitrogen and oxygen atoms in total. The highest BCUT2D eigenvalue weighted by Gasteiger charge is 2.26. The van der Waals surface area contributed by atoms with Gasteiger partial charge in [0.1, 0.15) is 6.10 Å². The van der Waals surface area contributed by atoms with Crippen molar-refractivity contribution in [2.75, 3.05) is 6.61 Å². The van der Waals surface area contributed by atoms with Crippen molar-refractivity contribution < 1.29 is 20.1 Å². The summed E-state index contributed by atoms with van der Waals surface area (Å²) in [5.41, 5.74) is 0. The first kappa shape index (κ1) is 63.1. The van der Waals surface area contributed by atoms with E-state index in [0.29, 0.717) is 12.8 Å². The first-order valence-corrected chi connectivity index (χ1v) is 29.5. The SMILES string of the molecule is CCCCCCCCCCCCCC/C=C/CCCC(O)C(O)C(CO)NC(=O)CCCCCCCCCCCCCCCCCCCCCCCCCCCCCCCCCCC. The number of unbranched alkanes of at least 4 members (excludes halogenated alkanes) is 45. The minimum atomic E-state index is -1.16. The number of nitrogens with one attached hydrogen (secondary N) is 1. The molecule has 0 saturated heterocycles. The van der Waals surface area contributed by atoms with E-state index in [1.54, 1.807) is 0 Å². The molecular weight excluding hydrogens is 787 g/mol. The Morgan fingerprint density at radius 2 is 0.625 bits per heavy atom. The van der Waals surface area contributed by atoms with Crippen LogP contribution in [0.15, 0.2) is 12.2 Å². The lowest BCUT2D eigenvalue weighted by molar-refractivity contribution is -0.124. The van der Waals surface area contributed by atoms with Gasteiger partial charge in [-0.05, 0) is 38.5 Å². The van der Waals surface area contributed by atoms with Crippen molar-refractivity contribution in [2.45, 2.75) is 353 Å². The Balaban J connectivity index is 3.46. The summed E-state index contributed by atoms with van der Waals surface area (Å²) in [4.78, 5) is 12.5. The summed E-state index contributed by atoms with van der Waals surface area (Å²) in [7, 11) is 0. The number of hydrogen-bond acceptors (Lipinski definition) is 4. The third-order valence-corrected chi connectivity index (χ3v) is 14.1. The maximum atomic E-state index is 12.5. The van der Waals surface area contributed by atoms with Gasteiger partial charge in [0.25, 0.3) is 0 Å². The molecule has 0 aromatic carbocycles. The minimum absolute atomic E-state index is 0.147. The molecule has 0 aromatic rings. The molecule has 64 heavy (non-hydrogen) atoms. The predicted octanol–water partition coefficient (Wildman–Crippen LogP) is 18.3. The second kappa shape index (κ2) is 54.7. The van der Waals surface area contributed by atoms with Crippen molar-refractivity contribution in [3.05, 3.63) is 12.2 Å². The largest absolute Gasteiger partial charge is 0.394 e. The molecule has 0 rings (SSSR count). The number of amides is 1. The molecule has 0 aliphatic rings. The average Bonchev–Trinajstić information content (AvgIpc) is 3.30. The highest BCUT2D eigenvalue weighted by atomic mass is 16.3. The molecule has 0 aromatic heterocycles. The van der Waals surface area contributed by atoms with Crippen LogP contribution in [0.4, 0.5) is 0 Å². The Morgan fingerprint density at radius 3 is 0.906 bits per heavy atom. The minimum Gasteiger partial charge on any atom is -0.394 e. The molecule has 3 unspecified atom stereocenters. The van der Waals surface area contributed by atoms with Gasteiger partial charge in [0.2, 0.25) is 5.91 Å². The van der Waals surface area contributed by atoms with Gasteiger partial charge in [-0.25, -0.2) is 0 Å². The Bertz CT molecular complexity index is 909. The summed E-state index contributed by atoms with van der Waals surface area (Å²) < 4.78 is 0. The first-order valence-electron chi connectivity index (χ1n) is 29.5. The van der Waals surface area contributed by atoms with E-state index in [1.807, 2.05) is 0 Å². The number of allylic oxidation sites excluding steroid dienone is 2. The van der Waals surface area contributed by atoms with Gasteiger partial charge in [0.15, 0.2) is 0 Å². The van der Waals surface area contributed by atoms with Gasteiger partial charge in [-0.15, -0.1) is 0 Å². The maximum Gasteiger partial charge on any atom is 0.220 e. The van der Waals surface area contributed by atoms with Crippen LogP contribution >= 0.6 is 0 Å². The van der Waals surface area contributed by atoms with Crippen LogP contribution < -0.4 is 5.32 Å². The summed E-state index contributed by atoms with van der Waals surface area (Å²) in [6.45, 7) is 4.21. The van der Waals surface area contributed by atoms with Gasteiger partial charge in [0, 0.05) is 6.42 Å². The molecule has 0 radical (unpaired) electrons. The molecule has 4 N–H and O–H groups in total. The number of carbonyl (C=O) groups is 1. The molecule has 0 bridgehead atoms. The number of aliphatic hydroxyl groups excluding tert-OH is 3. The fourth-order valence-corrected chi connectivity index (χ4v) is 9.58. The van der Waals surface area contributed by atoms with Crippen molar-refractivity contribution in [3.63, 3.8) is 0 Å². The van der Waals surface area contributed by atoms with Crippen LogP contribution in [-0.4, -0.2) is 46.1 Å². The lowest BCUT2D eigenvalue weighted by Gasteiger charge is -2.26. The molecular formula is C59H117NO4. The molecule has 0 fully saturated rings. The zero-order valence-electron chi connectivity index (χ0n) is 43.7. The number of carbonyl (C=O) groups excluding carboxylic acids is 1. The van der Waals surface area contributed by atoms with E-state index >= 15 is 0 Å². The van der Waals surface area contributed by atoms with Gasteiger partial charge in [-0.3, -0.25) is 4.79 Å². The van der Waals surface area contributed by atoms with Crippen LogP contribution in [0.2, 0.25) is 0 Å². The summed E-state index contributed by atoms with van der Waals surface area (Å²) in [5.74, 6) is -0.147. The van der Waals surface area contributed by atoms with E-state index in [9.17, 15) is 20.1 Å². The molecule has 0 aliphatic heterocycles. The first-order chi connectivity index (χ1) is 31.6. The maximum absolute atomic E-state index is 12.5.